The van der Waals surface area contributed by atoms with Crippen molar-refractivity contribution in [3.05, 3.63) is 158 Å². The summed E-state index contributed by atoms with van der Waals surface area (Å²) in [6.07, 6.45) is 0. The van der Waals surface area contributed by atoms with Crippen molar-refractivity contribution in [3.8, 4) is 33.6 Å². The zero-order valence-corrected chi connectivity index (χ0v) is 24.8. The Kier molecular flexibility index (Phi) is 5.31. The molecule has 0 spiro atoms. The highest BCUT2D eigenvalue weighted by Gasteiger charge is 2.18. The van der Waals surface area contributed by atoms with Gasteiger partial charge in [0, 0.05) is 27.8 Å². The SMILES string of the molecule is c1ccc(-c2c3ccccc3c(-c3ccc4oc5cc6oc(-c7ccc8ccccc8c7)cc6cc5c4c3)c3ccccc23)cc1. The molecule has 0 saturated heterocycles. The van der Waals surface area contributed by atoms with Crippen LogP contribution in [0.1, 0.15) is 0 Å². The molecule has 46 heavy (non-hydrogen) atoms. The van der Waals surface area contributed by atoms with Crippen LogP contribution in [0, 0.1) is 0 Å². The number of rotatable bonds is 3. The van der Waals surface area contributed by atoms with Gasteiger partial charge in [-0.05, 0) is 84.9 Å². The third kappa shape index (κ3) is 3.77. The molecule has 0 bridgehead atoms. The molecule has 0 unspecified atom stereocenters. The Labute approximate surface area is 264 Å². The summed E-state index contributed by atoms with van der Waals surface area (Å²) in [6, 6.07) is 56.2. The van der Waals surface area contributed by atoms with Crippen molar-refractivity contribution in [2.75, 3.05) is 0 Å². The summed E-state index contributed by atoms with van der Waals surface area (Å²) in [5, 5.41) is 10.7. The molecule has 0 saturated carbocycles. The zero-order valence-electron chi connectivity index (χ0n) is 24.8. The highest BCUT2D eigenvalue weighted by molar-refractivity contribution is 6.22. The summed E-state index contributed by atoms with van der Waals surface area (Å²) in [7, 11) is 0. The fourth-order valence-electron chi connectivity index (χ4n) is 7.31. The molecule has 214 valence electrons. The third-order valence-corrected chi connectivity index (χ3v) is 9.42. The molecule has 0 amide bonds. The molecule has 2 nitrogen and oxygen atoms in total. The van der Waals surface area contributed by atoms with Crippen molar-refractivity contribution >= 4 is 65.2 Å². The largest absolute Gasteiger partial charge is 0.456 e. The second-order valence-corrected chi connectivity index (χ2v) is 12.1. The minimum atomic E-state index is 0.823. The highest BCUT2D eigenvalue weighted by Crippen LogP contribution is 2.45. The van der Waals surface area contributed by atoms with Gasteiger partial charge in [0.15, 0.2) is 0 Å². The molecule has 0 radical (unpaired) electrons. The molecule has 0 fully saturated rings. The van der Waals surface area contributed by atoms with Crippen LogP contribution in [0.4, 0.5) is 0 Å². The minimum Gasteiger partial charge on any atom is -0.456 e. The van der Waals surface area contributed by atoms with Gasteiger partial charge in [-0.15, -0.1) is 0 Å². The Hall–Kier alpha value is -6.12. The van der Waals surface area contributed by atoms with E-state index in [1.165, 1.54) is 54.6 Å². The summed E-state index contributed by atoms with van der Waals surface area (Å²) < 4.78 is 12.8. The quantitative estimate of drug-likeness (QED) is 0.193. The van der Waals surface area contributed by atoms with Crippen molar-refractivity contribution in [1.82, 2.24) is 0 Å². The van der Waals surface area contributed by atoms with Crippen LogP contribution in [0.15, 0.2) is 167 Å². The molecule has 10 rings (SSSR count). The maximum Gasteiger partial charge on any atom is 0.139 e. The fraction of sp³-hybridized carbons (Fsp3) is 0. The van der Waals surface area contributed by atoms with Gasteiger partial charge in [0.1, 0.15) is 22.5 Å². The van der Waals surface area contributed by atoms with Crippen LogP contribution in [0.5, 0.6) is 0 Å². The monoisotopic (exact) mass is 586 g/mol. The molecule has 0 atom stereocenters. The van der Waals surface area contributed by atoms with Crippen LogP contribution in [-0.2, 0) is 0 Å². The predicted octanol–water partition coefficient (Wildman–Crippen LogP) is 12.8. The molecule has 0 aliphatic heterocycles. The molecule has 0 aliphatic rings. The molecular weight excluding hydrogens is 560 g/mol. The van der Waals surface area contributed by atoms with E-state index in [2.05, 4.69) is 152 Å². The average molecular weight is 587 g/mol. The van der Waals surface area contributed by atoms with Gasteiger partial charge in [0.05, 0.1) is 0 Å². The van der Waals surface area contributed by atoms with Gasteiger partial charge in [0.2, 0.25) is 0 Å². The molecular formula is C44H26O2. The van der Waals surface area contributed by atoms with Crippen LogP contribution < -0.4 is 0 Å². The van der Waals surface area contributed by atoms with Gasteiger partial charge in [0.25, 0.3) is 0 Å². The first kappa shape index (κ1) is 25.2. The summed E-state index contributed by atoms with van der Waals surface area (Å²) >= 11 is 0. The van der Waals surface area contributed by atoms with E-state index in [0.29, 0.717) is 0 Å². The smallest absolute Gasteiger partial charge is 0.139 e. The molecule has 10 aromatic rings. The van der Waals surface area contributed by atoms with E-state index in [9.17, 15) is 0 Å². The topological polar surface area (TPSA) is 26.3 Å². The summed E-state index contributed by atoms with van der Waals surface area (Å²) in [6.45, 7) is 0. The van der Waals surface area contributed by atoms with E-state index in [-0.39, 0.29) is 0 Å². The van der Waals surface area contributed by atoms with Crippen LogP contribution in [0.2, 0.25) is 0 Å². The van der Waals surface area contributed by atoms with E-state index >= 15 is 0 Å². The maximum atomic E-state index is 6.42. The Balaban J connectivity index is 1.18. The molecule has 2 heterocycles. The highest BCUT2D eigenvalue weighted by atomic mass is 16.3. The number of fused-ring (bicyclic) bond motifs is 7. The first-order valence-corrected chi connectivity index (χ1v) is 15.7. The molecule has 2 heteroatoms. The summed E-state index contributed by atoms with van der Waals surface area (Å²) in [5.74, 6) is 0.856. The number of hydrogen-bond acceptors (Lipinski definition) is 2. The van der Waals surface area contributed by atoms with Gasteiger partial charge < -0.3 is 8.83 Å². The van der Waals surface area contributed by atoms with Crippen molar-refractivity contribution in [2.45, 2.75) is 0 Å². The van der Waals surface area contributed by atoms with Crippen molar-refractivity contribution in [2.24, 2.45) is 0 Å². The maximum absolute atomic E-state index is 6.42. The minimum absolute atomic E-state index is 0.823. The standard InChI is InChI=1S/C44H26O2/c1-2-11-28(12-3-1)43-33-14-6-8-16-35(33)44(36-17-9-7-15-34(36)43)31-20-21-39-37(23-31)38-24-32-25-40(46-41(32)26-42(38)45-39)30-19-18-27-10-4-5-13-29(27)22-30/h1-26H. The van der Waals surface area contributed by atoms with Crippen LogP contribution in [-0.4, -0.2) is 0 Å². The molecule has 0 aliphatic carbocycles. The Morgan fingerprint density at radius 3 is 1.63 bits per heavy atom. The Morgan fingerprint density at radius 2 is 0.891 bits per heavy atom. The molecule has 0 N–H and O–H groups in total. The van der Waals surface area contributed by atoms with Crippen LogP contribution in [0.25, 0.3) is 98.8 Å². The average Bonchev–Trinajstić information content (AvgIpc) is 3.69. The number of benzene rings is 8. The number of hydrogen-bond donors (Lipinski definition) is 0. The van der Waals surface area contributed by atoms with E-state index in [0.717, 1.165) is 44.2 Å². The lowest BCUT2D eigenvalue weighted by molar-refractivity contribution is 0.628. The van der Waals surface area contributed by atoms with E-state index in [1.807, 2.05) is 6.07 Å². The van der Waals surface area contributed by atoms with Crippen molar-refractivity contribution < 1.29 is 8.83 Å². The van der Waals surface area contributed by atoms with E-state index in [4.69, 9.17) is 8.83 Å². The summed E-state index contributed by atoms with van der Waals surface area (Å²) in [4.78, 5) is 0. The summed E-state index contributed by atoms with van der Waals surface area (Å²) in [5.41, 5.74) is 8.50. The normalized spacial score (nSPS) is 11.9. The number of furan rings is 2. The molecule has 8 aromatic carbocycles. The van der Waals surface area contributed by atoms with Crippen molar-refractivity contribution in [1.29, 1.82) is 0 Å². The second-order valence-electron chi connectivity index (χ2n) is 12.1. The van der Waals surface area contributed by atoms with Gasteiger partial charge in [-0.3, -0.25) is 0 Å². The fourth-order valence-corrected chi connectivity index (χ4v) is 7.31. The van der Waals surface area contributed by atoms with Crippen molar-refractivity contribution in [3.63, 3.8) is 0 Å². The van der Waals surface area contributed by atoms with Gasteiger partial charge >= 0.3 is 0 Å². The first-order valence-electron chi connectivity index (χ1n) is 15.7. The lowest BCUT2D eigenvalue weighted by Gasteiger charge is -2.17. The lowest BCUT2D eigenvalue weighted by Crippen LogP contribution is -1.90. The zero-order chi connectivity index (χ0) is 30.2. The lowest BCUT2D eigenvalue weighted by atomic mass is 9.86. The van der Waals surface area contributed by atoms with Gasteiger partial charge in [-0.2, -0.15) is 0 Å². The van der Waals surface area contributed by atoms with E-state index in [1.54, 1.807) is 0 Å². The first-order chi connectivity index (χ1) is 22.8. The van der Waals surface area contributed by atoms with Crippen LogP contribution >= 0.6 is 0 Å². The molecule has 2 aromatic heterocycles. The van der Waals surface area contributed by atoms with Crippen LogP contribution in [0.3, 0.4) is 0 Å². The van der Waals surface area contributed by atoms with Gasteiger partial charge in [-0.25, -0.2) is 0 Å². The van der Waals surface area contributed by atoms with Gasteiger partial charge in [-0.1, -0.05) is 121 Å². The Bertz CT molecular complexity index is 2740. The second kappa shape index (κ2) is 9.69. The Morgan fingerprint density at radius 1 is 0.283 bits per heavy atom. The van der Waals surface area contributed by atoms with E-state index < -0.39 is 0 Å². The predicted molar refractivity (Wildman–Crippen MR) is 192 cm³/mol. The third-order valence-electron chi connectivity index (χ3n) is 9.42.